The molecule has 160 valence electrons. The Labute approximate surface area is 201 Å². The molecular weight excluding hydrogens is 430 g/mol. The molecule has 34 heavy (non-hydrogen) atoms. The number of fused-ring (bicyclic) bond motifs is 6. The van der Waals surface area contributed by atoms with Crippen LogP contribution in [-0.2, 0) is 0 Å². The average molecular weight is 452 g/mol. The summed E-state index contributed by atoms with van der Waals surface area (Å²) < 4.78 is 2.66. The fraction of sp³-hybridized carbons (Fsp3) is 0. The number of hydrogen-bond donors (Lipinski definition) is 1. The Morgan fingerprint density at radius 3 is 2.12 bits per heavy atom. The first-order chi connectivity index (χ1) is 16.8. The van der Waals surface area contributed by atoms with Crippen molar-refractivity contribution in [2.24, 2.45) is 0 Å². The van der Waals surface area contributed by atoms with E-state index in [1.807, 2.05) is 11.3 Å². The first-order valence-electron chi connectivity index (χ1n) is 11.5. The second-order valence-corrected chi connectivity index (χ2v) is 9.74. The van der Waals surface area contributed by atoms with Crippen LogP contribution in [0.5, 0.6) is 0 Å². The molecule has 1 aromatic heterocycles. The molecule has 1 nitrogen and oxygen atoms in total. The van der Waals surface area contributed by atoms with Gasteiger partial charge in [-0.2, -0.15) is 0 Å². The van der Waals surface area contributed by atoms with Gasteiger partial charge in [0.2, 0.25) is 0 Å². The second-order valence-electron chi connectivity index (χ2n) is 8.72. The van der Waals surface area contributed by atoms with Gasteiger partial charge < -0.3 is 5.32 Å². The summed E-state index contributed by atoms with van der Waals surface area (Å²) in [7, 11) is 0. The largest absolute Gasteiger partial charge is 0.354 e. The van der Waals surface area contributed by atoms with Crippen LogP contribution in [0, 0.1) is 0 Å². The zero-order valence-electron chi connectivity index (χ0n) is 18.5. The van der Waals surface area contributed by atoms with Crippen LogP contribution in [0.4, 0.5) is 11.4 Å². The van der Waals surface area contributed by atoms with Gasteiger partial charge in [-0.1, -0.05) is 97.1 Å². The zero-order valence-corrected chi connectivity index (χ0v) is 19.3. The summed E-state index contributed by atoms with van der Waals surface area (Å²) >= 11 is 1.88. The maximum atomic E-state index is 3.70. The predicted molar refractivity (Wildman–Crippen MR) is 150 cm³/mol. The molecule has 1 N–H and O–H groups in total. The van der Waals surface area contributed by atoms with Crippen molar-refractivity contribution in [2.45, 2.75) is 0 Å². The minimum absolute atomic E-state index is 1.11. The smallest absolute Gasteiger partial charge is 0.0590 e. The van der Waals surface area contributed by atoms with E-state index < -0.39 is 0 Å². The van der Waals surface area contributed by atoms with Gasteiger partial charge in [0.25, 0.3) is 0 Å². The molecule has 0 unspecified atom stereocenters. The Kier molecular flexibility index (Phi) is 4.39. The summed E-state index contributed by atoms with van der Waals surface area (Å²) in [5, 5.41) is 11.4. The second kappa shape index (κ2) is 7.72. The highest BCUT2D eigenvalue weighted by Gasteiger charge is 2.11. The van der Waals surface area contributed by atoms with Gasteiger partial charge in [-0.15, -0.1) is 11.3 Å². The Balaban J connectivity index is 1.30. The van der Waals surface area contributed by atoms with Crippen LogP contribution < -0.4 is 5.32 Å². The quantitative estimate of drug-likeness (QED) is 0.282. The summed E-state index contributed by atoms with van der Waals surface area (Å²) in [6.45, 7) is 0. The maximum absolute atomic E-state index is 3.70. The van der Waals surface area contributed by atoms with Crippen molar-refractivity contribution in [1.29, 1.82) is 0 Å². The predicted octanol–water partition coefficient (Wildman–Crippen LogP) is 9.77. The first kappa shape index (κ1) is 19.3. The van der Waals surface area contributed by atoms with Crippen LogP contribution in [-0.4, -0.2) is 0 Å². The van der Waals surface area contributed by atoms with Crippen molar-refractivity contribution in [3.05, 3.63) is 121 Å². The topological polar surface area (TPSA) is 12.0 Å². The van der Waals surface area contributed by atoms with E-state index >= 15 is 0 Å². The Bertz CT molecular complexity index is 1830. The standard InChI is InChI=1S/C32H21NS/c1-2-7-21(8-3-1)23-13-14-25-20-26(17-15-24(25)19-23)33-30-12-6-11-28-29-18-16-22-9-4-5-10-27(22)31(29)34-32(28)30/h1-20,33H. The summed E-state index contributed by atoms with van der Waals surface area (Å²) in [5.41, 5.74) is 4.75. The lowest BCUT2D eigenvalue weighted by molar-refractivity contribution is 1.61. The molecule has 0 aliphatic carbocycles. The summed E-state index contributed by atoms with van der Waals surface area (Å²) in [5.74, 6) is 0. The van der Waals surface area contributed by atoms with Gasteiger partial charge in [0.1, 0.15) is 0 Å². The van der Waals surface area contributed by atoms with Crippen LogP contribution in [0.15, 0.2) is 121 Å². The summed E-state index contributed by atoms with van der Waals surface area (Å²) in [4.78, 5) is 0. The molecule has 0 fully saturated rings. The maximum Gasteiger partial charge on any atom is 0.0590 e. The highest BCUT2D eigenvalue weighted by atomic mass is 32.1. The number of nitrogens with one attached hydrogen (secondary N) is 1. The lowest BCUT2D eigenvalue weighted by Crippen LogP contribution is -1.90. The van der Waals surface area contributed by atoms with Crippen LogP contribution in [0.1, 0.15) is 0 Å². The van der Waals surface area contributed by atoms with E-state index in [9.17, 15) is 0 Å². The molecule has 0 spiro atoms. The molecule has 0 saturated heterocycles. The number of hydrogen-bond acceptors (Lipinski definition) is 2. The van der Waals surface area contributed by atoms with E-state index in [1.165, 1.54) is 52.8 Å². The van der Waals surface area contributed by atoms with E-state index in [-0.39, 0.29) is 0 Å². The lowest BCUT2D eigenvalue weighted by Gasteiger charge is -2.10. The number of rotatable bonds is 3. The minimum atomic E-state index is 1.11. The monoisotopic (exact) mass is 451 g/mol. The summed E-state index contributed by atoms with van der Waals surface area (Å²) in [6, 6.07) is 43.6. The Morgan fingerprint density at radius 2 is 1.18 bits per heavy atom. The fourth-order valence-corrected chi connectivity index (χ4v) is 6.22. The lowest BCUT2D eigenvalue weighted by atomic mass is 10.0. The number of benzene rings is 6. The molecule has 0 bridgehead atoms. The van der Waals surface area contributed by atoms with Gasteiger partial charge in [0.05, 0.1) is 10.4 Å². The van der Waals surface area contributed by atoms with Crippen LogP contribution in [0.25, 0.3) is 52.8 Å². The molecular formula is C32H21NS. The molecule has 0 aliphatic rings. The van der Waals surface area contributed by atoms with Crippen molar-refractivity contribution in [1.82, 2.24) is 0 Å². The summed E-state index contributed by atoms with van der Waals surface area (Å²) in [6.07, 6.45) is 0. The first-order valence-corrected chi connectivity index (χ1v) is 12.3. The highest BCUT2D eigenvalue weighted by molar-refractivity contribution is 7.27. The molecule has 0 amide bonds. The third-order valence-electron chi connectivity index (χ3n) is 6.62. The Hall–Kier alpha value is -4.14. The van der Waals surface area contributed by atoms with E-state index in [1.54, 1.807) is 0 Å². The van der Waals surface area contributed by atoms with Crippen LogP contribution >= 0.6 is 11.3 Å². The van der Waals surface area contributed by atoms with E-state index in [2.05, 4.69) is 127 Å². The normalized spacial score (nSPS) is 11.5. The molecule has 7 rings (SSSR count). The van der Waals surface area contributed by atoms with Crippen molar-refractivity contribution < 1.29 is 0 Å². The van der Waals surface area contributed by atoms with Gasteiger partial charge in [-0.05, 0) is 56.9 Å². The van der Waals surface area contributed by atoms with Gasteiger partial charge in [-0.3, -0.25) is 0 Å². The average Bonchev–Trinajstić information content (AvgIpc) is 3.29. The molecule has 7 aromatic rings. The van der Waals surface area contributed by atoms with E-state index in [4.69, 9.17) is 0 Å². The van der Waals surface area contributed by atoms with Gasteiger partial charge in [0.15, 0.2) is 0 Å². The highest BCUT2D eigenvalue weighted by Crippen LogP contribution is 2.42. The number of anilines is 2. The van der Waals surface area contributed by atoms with Crippen molar-refractivity contribution in [2.75, 3.05) is 5.32 Å². The fourth-order valence-electron chi connectivity index (χ4n) is 4.91. The molecule has 2 heteroatoms. The van der Waals surface area contributed by atoms with Crippen LogP contribution in [0.2, 0.25) is 0 Å². The van der Waals surface area contributed by atoms with Crippen LogP contribution in [0.3, 0.4) is 0 Å². The van der Waals surface area contributed by atoms with Gasteiger partial charge >= 0.3 is 0 Å². The van der Waals surface area contributed by atoms with Crippen molar-refractivity contribution >= 4 is 64.4 Å². The van der Waals surface area contributed by atoms with Crippen molar-refractivity contribution in [3.8, 4) is 11.1 Å². The molecule has 0 saturated carbocycles. The molecule has 1 heterocycles. The molecule has 6 aromatic carbocycles. The zero-order chi connectivity index (χ0) is 22.5. The van der Waals surface area contributed by atoms with Gasteiger partial charge in [-0.25, -0.2) is 0 Å². The third kappa shape index (κ3) is 3.15. The SMILES string of the molecule is c1ccc(-c2ccc3cc(Nc4cccc5c4sc4c6ccccc6ccc54)ccc3c2)cc1. The molecule has 0 atom stereocenters. The molecule has 0 radical (unpaired) electrons. The molecule has 0 aliphatic heterocycles. The third-order valence-corrected chi connectivity index (χ3v) is 7.90. The minimum Gasteiger partial charge on any atom is -0.354 e. The van der Waals surface area contributed by atoms with E-state index in [0.717, 1.165) is 11.4 Å². The van der Waals surface area contributed by atoms with Crippen molar-refractivity contribution in [3.63, 3.8) is 0 Å². The Morgan fingerprint density at radius 1 is 0.441 bits per heavy atom. The number of thiophene rings is 1. The van der Waals surface area contributed by atoms with Gasteiger partial charge in [0, 0.05) is 21.2 Å². The van der Waals surface area contributed by atoms with E-state index in [0.29, 0.717) is 0 Å².